The van der Waals surface area contributed by atoms with Gasteiger partial charge in [0.1, 0.15) is 11.5 Å². The first-order chi connectivity index (χ1) is 54.6. The maximum Gasteiger partial charge on any atom is 0.269 e. The summed E-state index contributed by atoms with van der Waals surface area (Å²) in [4.78, 5) is 10.0. The summed E-state index contributed by atoms with van der Waals surface area (Å²) in [5.74, 6) is 1.56. The first-order valence-electron chi connectivity index (χ1n) is 41.1. The first kappa shape index (κ1) is 29.8. The third-order valence-corrected chi connectivity index (χ3v) is 14.6. The van der Waals surface area contributed by atoms with E-state index < -0.39 is 242 Å². The quantitative estimate of drug-likeness (QED) is 0.0905. The molecule has 412 valence electrons. The molecule has 0 aliphatic rings. The van der Waals surface area contributed by atoms with Crippen LogP contribution in [0.5, 0.6) is 11.5 Å². The summed E-state index contributed by atoms with van der Waals surface area (Å²) in [6, 6.07) is 5.20. The largest absolute Gasteiger partial charge is 0.458 e. The highest BCUT2D eigenvalue weighted by Crippen LogP contribution is 2.42. The lowest BCUT2D eigenvalue weighted by Crippen LogP contribution is -2.31. The zero-order valence-corrected chi connectivity index (χ0v) is 45.7. The van der Waals surface area contributed by atoms with Crippen molar-refractivity contribution >= 4 is 38.9 Å². The van der Waals surface area contributed by atoms with Gasteiger partial charge in [0.2, 0.25) is 11.7 Å². The number of aromatic nitrogens is 7. The van der Waals surface area contributed by atoms with Crippen molar-refractivity contribution in [3.05, 3.63) is 314 Å². The zero-order chi connectivity index (χ0) is 82.3. The number of imidazole rings is 4. The lowest BCUT2D eigenvalue weighted by molar-refractivity contribution is -0.571. The summed E-state index contributed by atoms with van der Waals surface area (Å²) in [7, 11) is 0. The summed E-state index contributed by atoms with van der Waals surface area (Å²) in [6.45, 7) is 3.24. The van der Waals surface area contributed by atoms with Crippen LogP contribution in [-0.2, 0) is 0 Å². The molecule has 8 nitrogen and oxygen atoms in total. The molecule has 16 aromatic rings. The van der Waals surface area contributed by atoms with Gasteiger partial charge in [-0.1, -0.05) is 199 Å². The van der Waals surface area contributed by atoms with Crippen LogP contribution in [0.15, 0.2) is 297 Å². The van der Waals surface area contributed by atoms with Gasteiger partial charge in [-0.05, 0) is 171 Å². The van der Waals surface area contributed by atoms with E-state index in [4.69, 9.17) is 29.8 Å². The van der Waals surface area contributed by atoms with Crippen LogP contribution >= 0.6 is 0 Å². The summed E-state index contributed by atoms with van der Waals surface area (Å²) >= 11 is 0. The van der Waals surface area contributed by atoms with Gasteiger partial charge in [0.25, 0.3) is 6.33 Å². The smallest absolute Gasteiger partial charge is 0.269 e. The number of ether oxygens (including phenoxy) is 1. The molecule has 0 atom stereocenters. The molecule has 0 saturated carbocycles. The number of aryl methyl sites for hydroxylation is 1. The summed E-state index contributed by atoms with van der Waals surface area (Å²) < 4.78 is 280. The Morgan fingerprint density at radius 1 is 0.460 bits per heavy atom. The van der Waals surface area contributed by atoms with Crippen molar-refractivity contribution in [1.82, 2.24) is 28.1 Å². The second-order valence-corrected chi connectivity index (χ2v) is 19.9. The van der Waals surface area contributed by atoms with Gasteiger partial charge in [0.15, 0.2) is 0 Å². The Balaban J connectivity index is 1.03. The van der Waals surface area contributed by atoms with E-state index in [9.17, 15) is 23.3 Å². The molecule has 0 aliphatic carbocycles. The fraction of sp³-hybridized carbons (Fsp3) is 0.0253. The number of benzene rings is 12. The van der Waals surface area contributed by atoms with Crippen molar-refractivity contribution in [2.45, 2.75) is 13.8 Å². The first-order valence-corrected chi connectivity index (χ1v) is 27.1. The topological polar surface area (TPSA) is 58.1 Å². The standard InChI is InChI=1S/C79H55N7O/c1-53-36-38-58(39-37-53)62-45-61(57-25-11-5-12-26-57)48-64(49-62)70-32-19-31-69(63-46-59(55-21-7-3-8-22-55)44-60(47-63)56-23-9-4-10-24-56)77(70)84-52-83(71-33-15-16-34-72(71)84)66-29-18-30-67(50-66)87-68-40-41-73-75(51-68)86(78-80-42-43-82(78)65-27-13-6-14-28-65)79-81-76-54(2)20-17-35-74(76)85(73)79/h3-51H,1-2H3/i3D,4D,5D,7D,8D,9D,10D,11D,12D,19D,21D,22D,23D,24D,25D,26D,31D,32D,36D,37D,38D,39D,44D,45D,46D,47D,48D,49D. The van der Waals surface area contributed by atoms with E-state index in [1.807, 2.05) is 87.3 Å². The fourth-order valence-corrected chi connectivity index (χ4v) is 10.6. The van der Waals surface area contributed by atoms with Crippen LogP contribution in [0.1, 0.15) is 49.5 Å². The molecule has 0 aliphatic heterocycles. The molecule has 0 N–H and O–H groups in total. The number of hydrogen-bond acceptors (Lipinski definition) is 3. The molecule has 0 radical (unpaired) electrons. The molecule has 87 heavy (non-hydrogen) atoms. The maximum absolute atomic E-state index is 10.5. The predicted molar refractivity (Wildman–Crippen MR) is 352 cm³/mol. The molecule has 16 rings (SSSR count). The molecular formula is C79H55N7O. The summed E-state index contributed by atoms with van der Waals surface area (Å²) in [5.41, 5.74) is -6.91. The Labute approximate surface area is 543 Å². The van der Waals surface area contributed by atoms with Crippen molar-refractivity contribution in [2.24, 2.45) is 0 Å². The van der Waals surface area contributed by atoms with E-state index in [1.165, 1.54) is 23.6 Å². The van der Waals surface area contributed by atoms with Crippen LogP contribution in [0.25, 0.3) is 129 Å². The van der Waals surface area contributed by atoms with Gasteiger partial charge in [-0.3, -0.25) is 18.1 Å². The molecule has 0 saturated heterocycles. The average Bonchev–Trinajstić information content (AvgIpc) is 1.70. The minimum absolute atomic E-state index is 0.0214. The van der Waals surface area contributed by atoms with Gasteiger partial charge in [-0.25, -0.2) is 14.5 Å². The van der Waals surface area contributed by atoms with Crippen molar-refractivity contribution in [3.8, 4) is 101 Å². The van der Waals surface area contributed by atoms with E-state index in [1.54, 1.807) is 48.7 Å². The number of fused-ring (bicyclic) bond motifs is 6. The maximum atomic E-state index is 10.5. The zero-order valence-electron chi connectivity index (χ0n) is 73.7. The third-order valence-electron chi connectivity index (χ3n) is 14.6. The summed E-state index contributed by atoms with van der Waals surface area (Å²) in [6.07, 6.45) is 6.77. The molecular weight excluding hydrogens is 1060 g/mol. The monoisotopic (exact) mass is 1150 g/mol. The van der Waals surface area contributed by atoms with Gasteiger partial charge in [0, 0.05) is 24.1 Å². The van der Waals surface area contributed by atoms with Crippen molar-refractivity contribution in [2.75, 3.05) is 0 Å². The Morgan fingerprint density at radius 2 is 1.02 bits per heavy atom. The second kappa shape index (κ2) is 21.2. The molecule has 0 bridgehead atoms. The molecule has 4 aromatic heterocycles. The number of rotatable bonds is 12. The molecule has 4 heterocycles. The molecule has 0 unspecified atom stereocenters. The van der Waals surface area contributed by atoms with Gasteiger partial charge < -0.3 is 4.74 Å². The van der Waals surface area contributed by atoms with E-state index in [0.29, 0.717) is 23.0 Å². The van der Waals surface area contributed by atoms with Gasteiger partial charge in [0.05, 0.1) is 82.9 Å². The lowest BCUT2D eigenvalue weighted by Gasteiger charge is -2.20. The number of para-hydroxylation sites is 5. The average molecular weight is 1150 g/mol. The van der Waals surface area contributed by atoms with E-state index in [-0.39, 0.29) is 28.0 Å². The third kappa shape index (κ3) is 9.15. The minimum Gasteiger partial charge on any atom is -0.458 e. The predicted octanol–water partition coefficient (Wildman–Crippen LogP) is 19.0. The highest BCUT2D eigenvalue weighted by molar-refractivity contribution is 5.94. The highest BCUT2D eigenvalue weighted by Gasteiger charge is 2.25. The van der Waals surface area contributed by atoms with Crippen LogP contribution in [0.2, 0.25) is 0 Å². The number of hydrogen-bond donors (Lipinski definition) is 0. The van der Waals surface area contributed by atoms with E-state index in [0.717, 1.165) is 32.4 Å². The molecule has 0 amide bonds. The van der Waals surface area contributed by atoms with Gasteiger partial charge in [-0.2, -0.15) is 0 Å². The molecule has 8 heteroatoms. The SMILES string of the molecule is [2H]c1c([2H])c([2H])c(-c2c([2H])c(-c3c([2H])c([2H])c([2H])c([2H])c3[2H])c([2H])c(-c3c([2H])c([2H])c([2H])c(-c4c([2H])c(-c5c([2H])c([2H])c([2H])c([2H])c5[2H])c([2H])c(-c5c([2H])c([2H])c(C)c([2H])c5[2H])c4[2H])c3-[n+]3[c-]n(-c4cccc(Oc5ccc6c(c5)n(-c5nccn5-c5ccccc5)c5nc7c(C)cccc7n65)c4)c4ccccc43)c2[2H])c([2H])c1[2H]. The van der Waals surface area contributed by atoms with Crippen molar-refractivity contribution in [3.63, 3.8) is 0 Å². The molecule has 0 fully saturated rings. The number of nitrogens with zero attached hydrogens (tertiary/aromatic N) is 7. The molecule has 0 spiro atoms. The minimum atomic E-state index is -1.19. The van der Waals surface area contributed by atoms with Crippen molar-refractivity contribution < 1.29 is 47.7 Å². The Kier molecular flexibility index (Phi) is 7.26. The second-order valence-electron chi connectivity index (χ2n) is 19.9. The van der Waals surface area contributed by atoms with Crippen molar-refractivity contribution in [1.29, 1.82) is 0 Å². The van der Waals surface area contributed by atoms with E-state index >= 15 is 0 Å². The van der Waals surface area contributed by atoms with Crippen LogP contribution in [0.3, 0.4) is 0 Å². The van der Waals surface area contributed by atoms with Crippen LogP contribution in [0.4, 0.5) is 0 Å². The Hall–Kier alpha value is -11.6. The van der Waals surface area contributed by atoms with Crippen LogP contribution in [-0.4, -0.2) is 28.1 Å². The Bertz CT molecular complexity index is 6490. The van der Waals surface area contributed by atoms with Crippen LogP contribution in [0, 0.1) is 20.2 Å². The van der Waals surface area contributed by atoms with Gasteiger partial charge in [-0.15, -0.1) is 0 Å². The Morgan fingerprint density at radius 3 is 1.68 bits per heavy atom. The summed E-state index contributed by atoms with van der Waals surface area (Å²) in [5, 5.41) is 0. The normalized spacial score (nSPS) is 16.1. The van der Waals surface area contributed by atoms with Crippen LogP contribution < -0.4 is 9.30 Å². The van der Waals surface area contributed by atoms with Gasteiger partial charge >= 0.3 is 0 Å². The van der Waals surface area contributed by atoms with E-state index in [2.05, 4.69) is 6.33 Å². The lowest BCUT2D eigenvalue weighted by atomic mass is 9.88. The molecule has 12 aromatic carbocycles. The fourth-order valence-electron chi connectivity index (χ4n) is 10.6. The highest BCUT2D eigenvalue weighted by atomic mass is 16.5.